The lowest BCUT2D eigenvalue weighted by Gasteiger charge is -2.23. The van der Waals surface area contributed by atoms with Gasteiger partial charge < -0.3 is 10.0 Å². The van der Waals surface area contributed by atoms with Crippen molar-refractivity contribution in [2.45, 2.75) is 26.4 Å². The quantitative estimate of drug-likeness (QED) is 0.773. The van der Waals surface area contributed by atoms with Crippen LogP contribution in [0.15, 0.2) is 0 Å². The van der Waals surface area contributed by atoms with E-state index in [2.05, 4.69) is 15.9 Å². The van der Waals surface area contributed by atoms with Gasteiger partial charge in [-0.05, 0) is 25.7 Å². The van der Waals surface area contributed by atoms with Crippen molar-refractivity contribution in [1.82, 2.24) is 9.78 Å². The summed E-state index contributed by atoms with van der Waals surface area (Å²) in [5.74, 6) is 4.41. The zero-order valence-corrected chi connectivity index (χ0v) is 10.5. The van der Waals surface area contributed by atoms with Crippen molar-refractivity contribution in [1.29, 1.82) is 0 Å². The number of terminal acetylenes is 1. The standard InChI is InChI=1S/C13H19N3O/c1-4-7-16(8-11-5-6-11)13-12(9-17)10(2)14-15(13)3/h1,11,17H,5-9H2,2-3H3. The highest BCUT2D eigenvalue weighted by Crippen LogP contribution is 2.32. The molecule has 1 aromatic heterocycles. The summed E-state index contributed by atoms with van der Waals surface area (Å²) in [7, 11) is 1.90. The van der Waals surface area contributed by atoms with Gasteiger partial charge in [0.1, 0.15) is 5.82 Å². The Morgan fingerprint density at radius 1 is 1.59 bits per heavy atom. The maximum Gasteiger partial charge on any atom is 0.133 e. The fourth-order valence-electron chi connectivity index (χ4n) is 2.22. The molecule has 1 aliphatic carbocycles. The van der Waals surface area contributed by atoms with Crippen molar-refractivity contribution >= 4 is 5.82 Å². The van der Waals surface area contributed by atoms with Crippen LogP contribution in [-0.4, -0.2) is 28.0 Å². The van der Waals surface area contributed by atoms with E-state index >= 15 is 0 Å². The summed E-state index contributed by atoms with van der Waals surface area (Å²) in [6.07, 6.45) is 8.00. The van der Waals surface area contributed by atoms with Gasteiger partial charge in [-0.15, -0.1) is 6.42 Å². The Balaban J connectivity index is 2.30. The van der Waals surface area contributed by atoms with Crippen LogP contribution in [0.2, 0.25) is 0 Å². The van der Waals surface area contributed by atoms with Crippen molar-refractivity contribution in [3.8, 4) is 12.3 Å². The minimum atomic E-state index is 0.0146. The summed E-state index contributed by atoms with van der Waals surface area (Å²) >= 11 is 0. The maximum absolute atomic E-state index is 9.45. The molecule has 1 fully saturated rings. The van der Waals surface area contributed by atoms with Crippen LogP contribution in [0, 0.1) is 25.2 Å². The fourth-order valence-corrected chi connectivity index (χ4v) is 2.22. The first-order valence-electron chi connectivity index (χ1n) is 5.99. The van der Waals surface area contributed by atoms with Gasteiger partial charge in [-0.25, -0.2) is 0 Å². The first kappa shape index (κ1) is 12.0. The molecule has 0 aromatic carbocycles. The van der Waals surface area contributed by atoms with Crippen molar-refractivity contribution in [3.05, 3.63) is 11.3 Å². The highest BCUT2D eigenvalue weighted by Gasteiger charge is 2.27. The Kier molecular flexibility index (Phi) is 3.39. The molecular formula is C13H19N3O. The van der Waals surface area contributed by atoms with Crippen molar-refractivity contribution in [3.63, 3.8) is 0 Å². The van der Waals surface area contributed by atoms with E-state index in [0.717, 1.165) is 29.5 Å². The number of aryl methyl sites for hydroxylation is 2. The molecule has 4 nitrogen and oxygen atoms in total. The van der Waals surface area contributed by atoms with Crippen molar-refractivity contribution in [2.75, 3.05) is 18.0 Å². The predicted octanol–water partition coefficient (Wildman–Crippen LogP) is 1.07. The van der Waals surface area contributed by atoms with E-state index in [-0.39, 0.29) is 6.61 Å². The zero-order valence-electron chi connectivity index (χ0n) is 10.5. The number of nitrogens with zero attached hydrogens (tertiary/aromatic N) is 3. The molecule has 1 saturated carbocycles. The third kappa shape index (κ3) is 2.45. The summed E-state index contributed by atoms with van der Waals surface area (Å²) in [6, 6.07) is 0. The van der Waals surface area contributed by atoms with Crippen LogP contribution in [0.4, 0.5) is 5.82 Å². The first-order chi connectivity index (χ1) is 8.17. The van der Waals surface area contributed by atoms with Gasteiger partial charge in [-0.3, -0.25) is 4.68 Å². The predicted molar refractivity (Wildman–Crippen MR) is 67.6 cm³/mol. The van der Waals surface area contributed by atoms with E-state index in [0.29, 0.717) is 6.54 Å². The van der Waals surface area contributed by atoms with E-state index in [9.17, 15) is 5.11 Å². The van der Waals surface area contributed by atoms with E-state index in [4.69, 9.17) is 6.42 Å². The lowest BCUT2D eigenvalue weighted by molar-refractivity contribution is 0.281. The molecule has 1 aliphatic rings. The fraction of sp³-hybridized carbons (Fsp3) is 0.615. The van der Waals surface area contributed by atoms with E-state index in [1.54, 1.807) is 0 Å². The number of rotatable bonds is 5. The molecule has 17 heavy (non-hydrogen) atoms. The molecule has 4 heteroatoms. The van der Waals surface area contributed by atoms with Gasteiger partial charge in [0.2, 0.25) is 0 Å². The van der Waals surface area contributed by atoms with Gasteiger partial charge in [0.15, 0.2) is 0 Å². The van der Waals surface area contributed by atoms with Gasteiger partial charge in [-0.2, -0.15) is 5.10 Å². The number of hydrogen-bond donors (Lipinski definition) is 1. The topological polar surface area (TPSA) is 41.3 Å². The number of aliphatic hydroxyl groups is 1. The Hall–Kier alpha value is -1.47. The Bertz CT molecular complexity index is 440. The van der Waals surface area contributed by atoms with E-state index < -0.39 is 0 Å². The lowest BCUT2D eigenvalue weighted by atomic mass is 10.2. The number of anilines is 1. The first-order valence-corrected chi connectivity index (χ1v) is 5.99. The molecule has 1 heterocycles. The van der Waals surface area contributed by atoms with Gasteiger partial charge >= 0.3 is 0 Å². The second kappa shape index (κ2) is 4.80. The monoisotopic (exact) mass is 233 g/mol. The molecule has 92 valence electrons. The van der Waals surface area contributed by atoms with Crippen LogP contribution >= 0.6 is 0 Å². The molecule has 0 spiro atoms. The Morgan fingerprint density at radius 3 is 2.82 bits per heavy atom. The van der Waals surface area contributed by atoms with Crippen LogP contribution in [0.25, 0.3) is 0 Å². The van der Waals surface area contributed by atoms with Gasteiger partial charge in [0.25, 0.3) is 0 Å². The SMILES string of the molecule is C#CCN(CC1CC1)c1c(CO)c(C)nn1C. The molecule has 0 atom stereocenters. The van der Waals surface area contributed by atoms with Gasteiger partial charge in [-0.1, -0.05) is 5.92 Å². The molecule has 0 amide bonds. The molecule has 0 saturated heterocycles. The molecule has 1 aromatic rings. The summed E-state index contributed by atoms with van der Waals surface area (Å²) < 4.78 is 1.82. The largest absolute Gasteiger partial charge is 0.391 e. The second-order valence-corrected chi connectivity index (χ2v) is 4.70. The van der Waals surface area contributed by atoms with E-state index in [1.807, 2.05) is 18.7 Å². The summed E-state index contributed by atoms with van der Waals surface area (Å²) in [4.78, 5) is 2.16. The molecule has 0 bridgehead atoms. The molecule has 2 rings (SSSR count). The Morgan fingerprint density at radius 2 is 2.29 bits per heavy atom. The normalized spacial score (nSPS) is 14.7. The molecule has 0 radical (unpaired) electrons. The minimum Gasteiger partial charge on any atom is -0.391 e. The highest BCUT2D eigenvalue weighted by molar-refractivity contribution is 5.51. The van der Waals surface area contributed by atoms with Crippen LogP contribution in [-0.2, 0) is 13.7 Å². The minimum absolute atomic E-state index is 0.0146. The molecular weight excluding hydrogens is 214 g/mol. The highest BCUT2D eigenvalue weighted by atomic mass is 16.3. The number of aliphatic hydroxyl groups excluding tert-OH is 1. The van der Waals surface area contributed by atoms with Crippen LogP contribution in [0.5, 0.6) is 0 Å². The maximum atomic E-state index is 9.45. The smallest absolute Gasteiger partial charge is 0.133 e. The average Bonchev–Trinajstić information content (AvgIpc) is 3.03. The molecule has 0 aliphatic heterocycles. The van der Waals surface area contributed by atoms with E-state index in [1.165, 1.54) is 12.8 Å². The third-order valence-electron chi connectivity index (χ3n) is 3.23. The van der Waals surface area contributed by atoms with Gasteiger partial charge in [0, 0.05) is 19.2 Å². The van der Waals surface area contributed by atoms with Gasteiger partial charge in [0.05, 0.1) is 18.8 Å². The van der Waals surface area contributed by atoms with Crippen molar-refractivity contribution < 1.29 is 5.11 Å². The number of aromatic nitrogens is 2. The summed E-state index contributed by atoms with van der Waals surface area (Å²) in [6.45, 7) is 3.47. The van der Waals surface area contributed by atoms with Crippen LogP contribution < -0.4 is 4.90 Å². The zero-order chi connectivity index (χ0) is 12.4. The summed E-state index contributed by atoms with van der Waals surface area (Å²) in [5.41, 5.74) is 1.77. The number of hydrogen-bond acceptors (Lipinski definition) is 3. The lowest BCUT2D eigenvalue weighted by Crippen LogP contribution is -2.29. The Labute approximate surface area is 102 Å². The average molecular weight is 233 g/mol. The second-order valence-electron chi connectivity index (χ2n) is 4.70. The van der Waals surface area contributed by atoms with Crippen molar-refractivity contribution in [2.24, 2.45) is 13.0 Å². The summed E-state index contributed by atoms with van der Waals surface area (Å²) in [5, 5.41) is 13.8. The molecule has 1 N–H and O–H groups in total. The van der Waals surface area contributed by atoms with Crippen LogP contribution in [0.1, 0.15) is 24.1 Å². The van der Waals surface area contributed by atoms with Crippen LogP contribution in [0.3, 0.4) is 0 Å². The third-order valence-corrected chi connectivity index (χ3v) is 3.23. The molecule has 0 unspecified atom stereocenters.